The quantitative estimate of drug-likeness (QED) is 0.669. The number of nitriles is 1. The summed E-state index contributed by atoms with van der Waals surface area (Å²) in [6.45, 7) is 7.46. The highest BCUT2D eigenvalue weighted by Gasteiger charge is 2.31. The number of carbonyl (C=O) groups is 1. The van der Waals surface area contributed by atoms with Crippen molar-refractivity contribution in [3.8, 4) is 11.8 Å². The molecule has 2 aromatic rings. The first kappa shape index (κ1) is 21.9. The van der Waals surface area contributed by atoms with E-state index < -0.39 is 11.6 Å². The van der Waals surface area contributed by atoms with Crippen LogP contribution in [0.1, 0.15) is 51.8 Å². The third-order valence-electron chi connectivity index (χ3n) is 5.60. The fourth-order valence-electron chi connectivity index (χ4n) is 3.65. The number of amides is 1. The Hall–Kier alpha value is -2.76. The van der Waals surface area contributed by atoms with E-state index in [1.807, 2.05) is 24.3 Å². The molecule has 2 heterocycles. The molecular weight excluding hydrogens is 380 g/mol. The molecule has 0 bridgehead atoms. The summed E-state index contributed by atoms with van der Waals surface area (Å²) in [7, 11) is 0. The molecule has 1 amide bonds. The van der Waals surface area contributed by atoms with Gasteiger partial charge in [-0.3, -0.25) is 4.79 Å². The van der Waals surface area contributed by atoms with Crippen molar-refractivity contribution in [3.63, 3.8) is 0 Å². The largest absolute Gasteiger partial charge is 0.384 e. The van der Waals surface area contributed by atoms with Crippen LogP contribution in [0.4, 0.5) is 0 Å². The zero-order valence-electron chi connectivity index (χ0n) is 18.0. The van der Waals surface area contributed by atoms with Crippen LogP contribution in [0.15, 0.2) is 30.5 Å². The Morgan fingerprint density at radius 2 is 2.07 bits per heavy atom. The van der Waals surface area contributed by atoms with Gasteiger partial charge in [-0.05, 0) is 57.2 Å². The predicted molar refractivity (Wildman–Crippen MR) is 113 cm³/mol. The van der Waals surface area contributed by atoms with Gasteiger partial charge in [0.15, 0.2) is 0 Å². The maximum atomic E-state index is 12.7. The molecule has 8 nitrogen and oxygen atoms in total. The Morgan fingerprint density at radius 3 is 2.67 bits per heavy atom. The van der Waals surface area contributed by atoms with Crippen LogP contribution in [-0.4, -0.2) is 44.1 Å². The van der Waals surface area contributed by atoms with Crippen LogP contribution in [0.3, 0.4) is 0 Å². The zero-order valence-corrected chi connectivity index (χ0v) is 18.0. The summed E-state index contributed by atoms with van der Waals surface area (Å²) in [5.74, 6) is 0.135. The predicted octanol–water partition coefficient (Wildman–Crippen LogP) is 1.82. The molecule has 30 heavy (non-hydrogen) atoms. The van der Waals surface area contributed by atoms with Gasteiger partial charge in [-0.1, -0.05) is 24.3 Å². The van der Waals surface area contributed by atoms with Crippen molar-refractivity contribution in [3.05, 3.63) is 41.7 Å². The first-order valence-electron chi connectivity index (χ1n) is 10.4. The topological polar surface area (TPSA) is 116 Å². The molecule has 3 rings (SSSR count). The zero-order chi connectivity index (χ0) is 21.9. The molecule has 1 saturated heterocycles. The molecule has 0 radical (unpaired) electrons. The molecule has 0 saturated carbocycles. The van der Waals surface area contributed by atoms with E-state index in [-0.39, 0.29) is 17.9 Å². The van der Waals surface area contributed by atoms with Crippen molar-refractivity contribution in [2.24, 2.45) is 5.92 Å². The van der Waals surface area contributed by atoms with Crippen LogP contribution in [0.25, 0.3) is 5.69 Å². The first-order valence-corrected chi connectivity index (χ1v) is 10.4. The van der Waals surface area contributed by atoms with Crippen molar-refractivity contribution < 1.29 is 9.90 Å². The van der Waals surface area contributed by atoms with Crippen molar-refractivity contribution in [2.45, 2.75) is 70.7 Å². The van der Waals surface area contributed by atoms with E-state index in [0.717, 1.165) is 24.1 Å². The maximum Gasteiger partial charge on any atom is 0.238 e. The number of nitrogens with one attached hydrogen (secondary N) is 2. The van der Waals surface area contributed by atoms with Crippen molar-refractivity contribution in [1.82, 2.24) is 25.6 Å². The highest BCUT2D eigenvalue weighted by molar-refractivity contribution is 5.82. The molecule has 0 unspecified atom stereocenters. The number of hydrogen-bond donors (Lipinski definition) is 3. The smallest absolute Gasteiger partial charge is 0.238 e. The van der Waals surface area contributed by atoms with Gasteiger partial charge in [0.1, 0.15) is 17.3 Å². The summed E-state index contributed by atoms with van der Waals surface area (Å²) >= 11 is 0. The first-order chi connectivity index (χ1) is 14.2. The van der Waals surface area contributed by atoms with Crippen molar-refractivity contribution in [1.29, 1.82) is 5.26 Å². The Bertz CT molecular complexity index is 909. The maximum absolute atomic E-state index is 12.7. The lowest BCUT2D eigenvalue weighted by Gasteiger charge is -2.33. The number of nitrogens with zero attached hydrogens (tertiary/aromatic N) is 4. The summed E-state index contributed by atoms with van der Waals surface area (Å²) in [4.78, 5) is 12.7. The van der Waals surface area contributed by atoms with Crippen molar-refractivity contribution >= 4 is 5.91 Å². The molecule has 8 heteroatoms. The molecule has 1 aliphatic heterocycles. The van der Waals surface area contributed by atoms with Crippen LogP contribution in [-0.2, 0) is 16.8 Å². The molecular formula is C22H30N6O2. The second-order valence-electron chi connectivity index (χ2n) is 8.77. The second kappa shape index (κ2) is 8.94. The van der Waals surface area contributed by atoms with Crippen LogP contribution in [0.2, 0.25) is 0 Å². The van der Waals surface area contributed by atoms with Gasteiger partial charge in [-0.25, -0.2) is 4.68 Å². The lowest BCUT2D eigenvalue weighted by molar-refractivity contribution is -0.125. The van der Waals surface area contributed by atoms with Crippen LogP contribution in [0, 0.1) is 17.2 Å². The average Bonchev–Trinajstić information content (AvgIpc) is 3.20. The van der Waals surface area contributed by atoms with E-state index in [1.54, 1.807) is 24.7 Å². The van der Waals surface area contributed by atoms with E-state index >= 15 is 0 Å². The molecule has 0 aliphatic carbocycles. The van der Waals surface area contributed by atoms with Gasteiger partial charge in [-0.15, -0.1) is 5.10 Å². The van der Waals surface area contributed by atoms with Crippen LogP contribution < -0.4 is 10.6 Å². The number of carbonyl (C=O) groups excluding carboxylic acids is 1. The number of piperidine rings is 1. The molecule has 160 valence electrons. The van der Waals surface area contributed by atoms with E-state index in [1.165, 1.54) is 0 Å². The van der Waals surface area contributed by atoms with Gasteiger partial charge in [0.05, 0.1) is 24.0 Å². The Morgan fingerprint density at radius 1 is 1.37 bits per heavy atom. The monoisotopic (exact) mass is 410 g/mol. The van der Waals surface area contributed by atoms with Gasteiger partial charge >= 0.3 is 0 Å². The SMILES string of the molecule is C[C@@H]1CC[C@H](C)N[C@@H]1C(=O)N[C@H](C#N)Cc1ccc(-n2cc(C(C)(C)O)nn2)cc1. The molecule has 4 atom stereocenters. The summed E-state index contributed by atoms with van der Waals surface area (Å²) in [6.07, 6.45) is 4.17. The standard InChI is InChI=1S/C22H30N6O2/c1-14-5-6-15(2)24-20(14)21(29)25-17(12-23)11-16-7-9-18(10-8-16)28-13-19(26-27-28)22(3,4)30/h7-10,13-15,17,20,24,30H,5-6,11H2,1-4H3,(H,25,29)/t14-,15+,17+,20+/m1/s1. The molecule has 1 fully saturated rings. The lowest BCUT2D eigenvalue weighted by atomic mass is 9.88. The minimum Gasteiger partial charge on any atom is -0.384 e. The van der Waals surface area contributed by atoms with Crippen LogP contribution >= 0.6 is 0 Å². The van der Waals surface area contributed by atoms with Crippen LogP contribution in [0.5, 0.6) is 0 Å². The fourth-order valence-corrected chi connectivity index (χ4v) is 3.65. The summed E-state index contributed by atoms with van der Waals surface area (Å²) in [6, 6.07) is 9.21. The average molecular weight is 411 g/mol. The van der Waals surface area contributed by atoms with E-state index in [0.29, 0.717) is 18.2 Å². The van der Waals surface area contributed by atoms with E-state index in [9.17, 15) is 15.2 Å². The molecule has 3 N–H and O–H groups in total. The minimum absolute atomic E-state index is 0.112. The molecule has 1 aromatic carbocycles. The summed E-state index contributed by atoms with van der Waals surface area (Å²) in [5, 5.41) is 33.8. The van der Waals surface area contributed by atoms with Gasteiger partial charge in [0.2, 0.25) is 5.91 Å². The number of aliphatic hydroxyl groups is 1. The van der Waals surface area contributed by atoms with Gasteiger partial charge < -0.3 is 15.7 Å². The fraction of sp³-hybridized carbons (Fsp3) is 0.545. The molecule has 1 aromatic heterocycles. The van der Waals surface area contributed by atoms with E-state index in [2.05, 4.69) is 40.9 Å². The van der Waals surface area contributed by atoms with Gasteiger partial charge in [0, 0.05) is 12.5 Å². The van der Waals surface area contributed by atoms with Crippen molar-refractivity contribution in [2.75, 3.05) is 0 Å². The molecule has 1 aliphatic rings. The number of rotatable bonds is 6. The Balaban J connectivity index is 1.63. The number of aromatic nitrogens is 3. The van der Waals surface area contributed by atoms with E-state index in [4.69, 9.17) is 0 Å². The van der Waals surface area contributed by atoms with Gasteiger partial charge in [-0.2, -0.15) is 5.26 Å². The lowest BCUT2D eigenvalue weighted by Crippen LogP contribution is -2.55. The number of hydrogen-bond acceptors (Lipinski definition) is 6. The highest BCUT2D eigenvalue weighted by atomic mass is 16.3. The summed E-state index contributed by atoms with van der Waals surface area (Å²) in [5.41, 5.74) is 1.16. The third-order valence-corrected chi connectivity index (χ3v) is 5.60. The highest BCUT2D eigenvalue weighted by Crippen LogP contribution is 2.20. The Labute approximate surface area is 177 Å². The minimum atomic E-state index is -1.06. The number of benzene rings is 1. The normalized spacial score (nSPS) is 22.9. The second-order valence-corrected chi connectivity index (χ2v) is 8.77. The van der Waals surface area contributed by atoms with Gasteiger partial charge in [0.25, 0.3) is 0 Å². The Kier molecular flexibility index (Phi) is 6.54. The molecule has 0 spiro atoms. The third kappa shape index (κ3) is 5.23. The summed E-state index contributed by atoms with van der Waals surface area (Å²) < 4.78 is 1.60.